The summed E-state index contributed by atoms with van der Waals surface area (Å²) in [5, 5.41) is 15.7. The fourth-order valence-electron chi connectivity index (χ4n) is 2.42. The molecular weight excluding hydrogens is 254 g/mol. The molecule has 1 amide bonds. The average molecular weight is 277 g/mol. The predicted molar refractivity (Wildman–Crippen MR) is 78.3 cm³/mol. The molecule has 0 bridgehead atoms. The molecule has 0 radical (unpaired) electrons. The highest BCUT2D eigenvalue weighted by Gasteiger charge is 2.16. The highest BCUT2D eigenvalue weighted by molar-refractivity contribution is 5.78. The van der Waals surface area contributed by atoms with E-state index in [1.165, 1.54) is 0 Å². The van der Waals surface area contributed by atoms with Gasteiger partial charge in [-0.3, -0.25) is 9.69 Å². The first-order chi connectivity index (χ1) is 9.79. The van der Waals surface area contributed by atoms with E-state index < -0.39 is 0 Å². The number of rotatable bonds is 5. The van der Waals surface area contributed by atoms with Gasteiger partial charge >= 0.3 is 0 Å². The maximum atomic E-state index is 12.1. The Morgan fingerprint density at radius 2 is 2.10 bits per heavy atom. The van der Waals surface area contributed by atoms with Crippen molar-refractivity contribution >= 4 is 5.91 Å². The van der Waals surface area contributed by atoms with E-state index in [2.05, 4.69) is 15.5 Å². The van der Waals surface area contributed by atoms with Gasteiger partial charge in [0.2, 0.25) is 5.91 Å². The van der Waals surface area contributed by atoms with Crippen LogP contribution in [-0.4, -0.2) is 55.2 Å². The number of carbonyl (C=O) groups is 1. The molecule has 1 heterocycles. The fourth-order valence-corrected chi connectivity index (χ4v) is 2.42. The molecule has 5 nitrogen and oxygen atoms in total. The van der Waals surface area contributed by atoms with E-state index in [0.29, 0.717) is 6.54 Å². The van der Waals surface area contributed by atoms with Crippen LogP contribution in [0, 0.1) is 0 Å². The second-order valence-corrected chi connectivity index (χ2v) is 5.09. The predicted octanol–water partition coefficient (Wildman–Crippen LogP) is 0.132. The van der Waals surface area contributed by atoms with Crippen LogP contribution in [0.1, 0.15) is 18.0 Å². The van der Waals surface area contributed by atoms with Crippen molar-refractivity contribution in [2.75, 3.05) is 39.3 Å². The summed E-state index contributed by atoms with van der Waals surface area (Å²) in [4.78, 5) is 14.2. The molecule has 2 rings (SSSR count). The highest BCUT2D eigenvalue weighted by Crippen LogP contribution is 2.11. The van der Waals surface area contributed by atoms with E-state index in [1.54, 1.807) is 0 Å². The van der Waals surface area contributed by atoms with Crippen LogP contribution in [0.15, 0.2) is 30.3 Å². The van der Waals surface area contributed by atoms with E-state index in [0.717, 1.165) is 38.2 Å². The zero-order valence-corrected chi connectivity index (χ0v) is 11.7. The molecule has 20 heavy (non-hydrogen) atoms. The van der Waals surface area contributed by atoms with Gasteiger partial charge in [0.25, 0.3) is 0 Å². The summed E-state index contributed by atoms with van der Waals surface area (Å²) < 4.78 is 0. The van der Waals surface area contributed by atoms with Crippen molar-refractivity contribution in [3.05, 3.63) is 35.9 Å². The number of benzene rings is 1. The lowest BCUT2D eigenvalue weighted by Gasteiger charge is -2.22. The molecule has 0 aromatic heterocycles. The van der Waals surface area contributed by atoms with Crippen molar-refractivity contribution in [1.82, 2.24) is 15.5 Å². The third-order valence-corrected chi connectivity index (χ3v) is 3.52. The molecule has 0 saturated carbocycles. The van der Waals surface area contributed by atoms with Gasteiger partial charge < -0.3 is 15.7 Å². The summed E-state index contributed by atoms with van der Waals surface area (Å²) >= 11 is 0. The molecule has 0 spiro atoms. The van der Waals surface area contributed by atoms with E-state index in [-0.39, 0.29) is 18.6 Å². The van der Waals surface area contributed by atoms with Crippen LogP contribution >= 0.6 is 0 Å². The Bertz CT molecular complexity index is 403. The maximum Gasteiger partial charge on any atom is 0.234 e. The first-order valence-electron chi connectivity index (χ1n) is 7.18. The van der Waals surface area contributed by atoms with Crippen LogP contribution in [0.25, 0.3) is 0 Å². The number of amides is 1. The molecule has 0 aliphatic carbocycles. The summed E-state index contributed by atoms with van der Waals surface area (Å²) in [6.07, 6.45) is 1.06. The molecule has 1 fully saturated rings. The number of aliphatic hydroxyl groups is 1. The largest absolute Gasteiger partial charge is 0.394 e. The third-order valence-electron chi connectivity index (χ3n) is 3.52. The minimum Gasteiger partial charge on any atom is -0.394 e. The lowest BCUT2D eigenvalue weighted by molar-refractivity contribution is -0.123. The number of nitrogens with zero attached hydrogens (tertiary/aromatic N) is 1. The molecule has 1 aromatic rings. The Kier molecular flexibility index (Phi) is 5.98. The van der Waals surface area contributed by atoms with Crippen LogP contribution in [0.5, 0.6) is 0 Å². The molecule has 1 aliphatic rings. The van der Waals surface area contributed by atoms with Crippen molar-refractivity contribution in [3.63, 3.8) is 0 Å². The third kappa shape index (κ3) is 4.59. The quantitative estimate of drug-likeness (QED) is 0.716. The summed E-state index contributed by atoms with van der Waals surface area (Å²) in [7, 11) is 0. The van der Waals surface area contributed by atoms with Crippen LogP contribution in [0.2, 0.25) is 0 Å². The number of carbonyl (C=O) groups excluding carboxylic acids is 1. The van der Waals surface area contributed by atoms with Gasteiger partial charge in [0, 0.05) is 13.1 Å². The van der Waals surface area contributed by atoms with Gasteiger partial charge in [-0.2, -0.15) is 0 Å². The molecule has 1 atom stereocenters. The first-order valence-corrected chi connectivity index (χ1v) is 7.18. The van der Waals surface area contributed by atoms with Gasteiger partial charge in [-0.05, 0) is 25.1 Å². The normalized spacial score (nSPS) is 18.2. The monoisotopic (exact) mass is 277 g/mol. The van der Waals surface area contributed by atoms with E-state index in [1.807, 2.05) is 30.3 Å². The minimum atomic E-state index is -0.325. The van der Waals surface area contributed by atoms with Crippen LogP contribution < -0.4 is 10.6 Å². The molecule has 1 saturated heterocycles. The Morgan fingerprint density at radius 1 is 1.30 bits per heavy atom. The van der Waals surface area contributed by atoms with Crippen LogP contribution in [0.3, 0.4) is 0 Å². The van der Waals surface area contributed by atoms with Crippen molar-refractivity contribution in [1.29, 1.82) is 0 Å². The summed E-state index contributed by atoms with van der Waals surface area (Å²) in [6.45, 7) is 4.08. The first kappa shape index (κ1) is 15.0. The Balaban J connectivity index is 1.86. The molecule has 110 valence electrons. The summed E-state index contributed by atoms with van der Waals surface area (Å²) in [5.74, 6) is -0.0326. The Hall–Kier alpha value is -1.43. The molecule has 5 heteroatoms. The summed E-state index contributed by atoms with van der Waals surface area (Å²) in [6, 6.07) is 9.24. The minimum absolute atomic E-state index is 0.0326. The van der Waals surface area contributed by atoms with Crippen LogP contribution in [-0.2, 0) is 4.79 Å². The number of nitrogens with one attached hydrogen (secondary N) is 2. The van der Waals surface area contributed by atoms with Crippen molar-refractivity contribution in [3.8, 4) is 0 Å². The fraction of sp³-hybridized carbons (Fsp3) is 0.533. The lowest BCUT2D eigenvalue weighted by Crippen LogP contribution is -2.41. The van der Waals surface area contributed by atoms with E-state index >= 15 is 0 Å². The van der Waals surface area contributed by atoms with Gasteiger partial charge in [-0.25, -0.2) is 0 Å². The zero-order valence-electron chi connectivity index (χ0n) is 11.7. The SMILES string of the molecule is O=C(CN1CCCNCC1)N[C@@H](CO)c1ccccc1. The number of hydrogen-bond donors (Lipinski definition) is 3. The standard InChI is InChI=1S/C15H23N3O2/c19-12-14(13-5-2-1-3-6-13)17-15(20)11-18-9-4-7-16-8-10-18/h1-3,5-6,14,16,19H,4,7-12H2,(H,17,20)/t14-/m0/s1. The molecule has 1 aliphatic heterocycles. The summed E-state index contributed by atoms with van der Waals surface area (Å²) in [5.41, 5.74) is 0.931. The smallest absolute Gasteiger partial charge is 0.234 e. The highest BCUT2D eigenvalue weighted by atomic mass is 16.3. The Labute approximate surface area is 120 Å². The lowest BCUT2D eigenvalue weighted by atomic mass is 10.1. The van der Waals surface area contributed by atoms with Gasteiger partial charge in [-0.1, -0.05) is 30.3 Å². The average Bonchev–Trinajstić information content (AvgIpc) is 2.74. The Morgan fingerprint density at radius 3 is 2.85 bits per heavy atom. The number of hydrogen-bond acceptors (Lipinski definition) is 4. The second-order valence-electron chi connectivity index (χ2n) is 5.09. The van der Waals surface area contributed by atoms with Gasteiger partial charge in [0.15, 0.2) is 0 Å². The second kappa shape index (κ2) is 7.99. The molecule has 0 unspecified atom stereocenters. The van der Waals surface area contributed by atoms with E-state index in [4.69, 9.17) is 0 Å². The maximum absolute atomic E-state index is 12.1. The van der Waals surface area contributed by atoms with Gasteiger partial charge in [-0.15, -0.1) is 0 Å². The molecule has 1 aromatic carbocycles. The van der Waals surface area contributed by atoms with Crippen molar-refractivity contribution < 1.29 is 9.90 Å². The van der Waals surface area contributed by atoms with Gasteiger partial charge in [0.05, 0.1) is 19.2 Å². The topological polar surface area (TPSA) is 64.6 Å². The van der Waals surface area contributed by atoms with E-state index in [9.17, 15) is 9.90 Å². The molecule has 3 N–H and O–H groups in total. The van der Waals surface area contributed by atoms with Crippen molar-refractivity contribution in [2.24, 2.45) is 0 Å². The van der Waals surface area contributed by atoms with Crippen LogP contribution in [0.4, 0.5) is 0 Å². The molecular formula is C15H23N3O2. The van der Waals surface area contributed by atoms with Gasteiger partial charge in [0.1, 0.15) is 0 Å². The number of aliphatic hydroxyl groups excluding tert-OH is 1. The van der Waals surface area contributed by atoms with Crippen molar-refractivity contribution in [2.45, 2.75) is 12.5 Å². The zero-order chi connectivity index (χ0) is 14.2.